The average Bonchev–Trinajstić information content (AvgIpc) is 3.46. The van der Waals surface area contributed by atoms with Crippen LogP contribution < -0.4 is 28.2 Å². The van der Waals surface area contributed by atoms with E-state index >= 15 is 0 Å². The molecular formula is C38H55F3N8O. The number of aromatic nitrogens is 3. The molecule has 8 N–H and O–H groups in total. The van der Waals surface area contributed by atoms with E-state index in [4.69, 9.17) is 17.2 Å². The molecule has 2 heterocycles. The van der Waals surface area contributed by atoms with Crippen LogP contribution in [0, 0.1) is 5.92 Å². The number of fused-ring (bicyclic) bond motifs is 1. The number of hydrogen-bond donors (Lipinski definition) is 5. The predicted molar refractivity (Wildman–Crippen MR) is 199 cm³/mol. The molecule has 0 saturated carbocycles. The van der Waals surface area contributed by atoms with Crippen molar-refractivity contribution in [3.63, 3.8) is 0 Å². The van der Waals surface area contributed by atoms with Crippen LogP contribution in [0.4, 0.5) is 13.2 Å². The zero-order valence-electron chi connectivity index (χ0n) is 30.7. The van der Waals surface area contributed by atoms with E-state index in [0.29, 0.717) is 31.1 Å². The van der Waals surface area contributed by atoms with Gasteiger partial charge >= 0.3 is 11.9 Å². The van der Waals surface area contributed by atoms with Crippen molar-refractivity contribution in [1.29, 1.82) is 0 Å². The van der Waals surface area contributed by atoms with Gasteiger partial charge in [-0.2, -0.15) is 18.2 Å². The lowest BCUT2D eigenvalue weighted by Gasteiger charge is -2.22. The number of aromatic amines is 1. The smallest absolute Gasteiger partial charge is 0.370 e. The molecule has 50 heavy (non-hydrogen) atoms. The van der Waals surface area contributed by atoms with Gasteiger partial charge in [0.2, 0.25) is 0 Å². The third kappa shape index (κ3) is 11.7. The average molecular weight is 697 g/mol. The zero-order valence-corrected chi connectivity index (χ0v) is 30.7. The minimum absolute atomic E-state index is 0.0390. The fraction of sp³-hybridized carbons (Fsp3) is 0.500. The highest BCUT2D eigenvalue weighted by atomic mass is 19.4. The Bertz CT molecular complexity index is 1740. The summed E-state index contributed by atoms with van der Waals surface area (Å²) in [7, 11) is 0. The number of aryl methyl sites for hydroxylation is 1. The Balaban J connectivity index is 0.000000295. The number of nitrogens with zero attached hydrogens (tertiary/aromatic N) is 3. The Morgan fingerprint density at radius 2 is 1.60 bits per heavy atom. The summed E-state index contributed by atoms with van der Waals surface area (Å²) in [5, 5.41) is 4.36. The van der Waals surface area contributed by atoms with Crippen LogP contribution in [-0.4, -0.2) is 40.1 Å². The van der Waals surface area contributed by atoms with Crippen LogP contribution in [0.1, 0.15) is 102 Å². The standard InChI is InChI=1S/C22H31N7O.C16H24F3N/c1-14(25-10-5-11-26-20(23)24)15-6-8-17(9-7-15)29-13-16-12-18(22(2,3)4)27-19(16)28-21(29)30;1-11(10-20)5-6-12-7-13(15(2,3)4)9-14(8-12)16(17,18)19/h6-9,12-14,25H,5,10-11H2,1-4H3,(H4,23,24,26)(H,27,28,30);7-9,11H,5-6,10,20H2,1-4H3/t14-;11-/m00/s1. The van der Waals surface area contributed by atoms with Gasteiger partial charge in [-0.25, -0.2) is 4.79 Å². The fourth-order valence-corrected chi connectivity index (χ4v) is 5.19. The summed E-state index contributed by atoms with van der Waals surface area (Å²) < 4.78 is 40.5. The summed E-state index contributed by atoms with van der Waals surface area (Å²) in [6.45, 7) is 18.2. The number of hydrogen-bond acceptors (Lipinski definition) is 5. The number of guanidine groups is 1. The first-order valence-corrected chi connectivity index (χ1v) is 17.1. The number of alkyl halides is 3. The van der Waals surface area contributed by atoms with Crippen molar-refractivity contribution in [3.05, 3.63) is 93.2 Å². The molecule has 0 unspecified atom stereocenters. The molecule has 0 bridgehead atoms. The Hall–Kier alpha value is -4.16. The topological polar surface area (TPSA) is 153 Å². The summed E-state index contributed by atoms with van der Waals surface area (Å²) in [6.07, 6.45) is -0.159. The van der Waals surface area contributed by atoms with Crippen LogP contribution in [0.15, 0.2) is 64.5 Å². The van der Waals surface area contributed by atoms with Crippen LogP contribution in [0.5, 0.6) is 0 Å². The Kier molecular flexibility index (Phi) is 13.4. The van der Waals surface area contributed by atoms with Crippen LogP contribution in [0.3, 0.4) is 0 Å². The van der Waals surface area contributed by atoms with E-state index in [1.165, 1.54) is 12.1 Å². The zero-order chi connectivity index (χ0) is 37.4. The van der Waals surface area contributed by atoms with Crippen LogP contribution in [-0.2, 0) is 23.4 Å². The molecule has 9 nitrogen and oxygen atoms in total. The van der Waals surface area contributed by atoms with E-state index in [1.54, 1.807) is 4.57 Å². The van der Waals surface area contributed by atoms with Gasteiger partial charge < -0.3 is 27.5 Å². The van der Waals surface area contributed by atoms with Crippen molar-refractivity contribution in [2.24, 2.45) is 28.1 Å². The first-order valence-electron chi connectivity index (χ1n) is 17.1. The minimum Gasteiger partial charge on any atom is -0.370 e. The SMILES string of the molecule is C[C@H](CN)CCc1cc(C(C)(C)C)cc(C(F)(F)F)c1.C[C@H](NCCCN=C(N)N)c1ccc(-n2cc3cc(C(C)(C)C)[nH]c3nc2=O)cc1. The molecule has 12 heteroatoms. The van der Waals surface area contributed by atoms with Gasteiger partial charge in [0.05, 0.1) is 11.3 Å². The van der Waals surface area contributed by atoms with Gasteiger partial charge in [-0.15, -0.1) is 0 Å². The highest BCUT2D eigenvalue weighted by Gasteiger charge is 2.32. The van der Waals surface area contributed by atoms with Crippen molar-refractivity contribution in [2.45, 2.75) is 97.7 Å². The third-order valence-corrected chi connectivity index (χ3v) is 8.58. The molecular weight excluding hydrogens is 641 g/mol. The highest BCUT2D eigenvalue weighted by molar-refractivity contribution is 5.76. The predicted octanol–water partition coefficient (Wildman–Crippen LogP) is 6.86. The van der Waals surface area contributed by atoms with Gasteiger partial charge in [0, 0.05) is 35.3 Å². The van der Waals surface area contributed by atoms with Gasteiger partial charge in [-0.3, -0.25) is 9.56 Å². The number of halogens is 3. The van der Waals surface area contributed by atoms with E-state index in [0.717, 1.165) is 52.8 Å². The lowest BCUT2D eigenvalue weighted by molar-refractivity contribution is -0.137. The second-order valence-electron chi connectivity index (χ2n) is 15.1. The Morgan fingerprint density at radius 3 is 2.16 bits per heavy atom. The van der Waals surface area contributed by atoms with Gasteiger partial charge in [-0.1, -0.05) is 66.7 Å². The maximum atomic E-state index is 13.0. The molecule has 0 fully saturated rings. The molecule has 2 aromatic carbocycles. The quantitative estimate of drug-likeness (QED) is 0.0657. The molecule has 4 rings (SSSR count). The highest BCUT2D eigenvalue weighted by Crippen LogP contribution is 2.34. The van der Waals surface area contributed by atoms with E-state index in [9.17, 15) is 18.0 Å². The van der Waals surface area contributed by atoms with E-state index in [2.05, 4.69) is 54.0 Å². The molecule has 0 saturated heterocycles. The molecule has 0 aliphatic heterocycles. The second-order valence-corrected chi connectivity index (χ2v) is 15.1. The van der Waals surface area contributed by atoms with Crippen molar-refractivity contribution < 1.29 is 13.2 Å². The summed E-state index contributed by atoms with van der Waals surface area (Å²) in [4.78, 5) is 24.0. The molecule has 2 aromatic heterocycles. The lowest BCUT2D eigenvalue weighted by atomic mass is 9.84. The summed E-state index contributed by atoms with van der Waals surface area (Å²) in [6, 6.07) is 14.6. The number of nitrogens with two attached hydrogens (primary N) is 3. The van der Waals surface area contributed by atoms with Gasteiger partial charge in [0.1, 0.15) is 5.65 Å². The summed E-state index contributed by atoms with van der Waals surface area (Å²) >= 11 is 0. The molecule has 0 radical (unpaired) electrons. The monoisotopic (exact) mass is 696 g/mol. The summed E-state index contributed by atoms with van der Waals surface area (Å²) in [5.74, 6) is 0.443. The van der Waals surface area contributed by atoms with Crippen molar-refractivity contribution in [3.8, 4) is 5.69 Å². The van der Waals surface area contributed by atoms with E-state index < -0.39 is 11.7 Å². The molecule has 0 aliphatic carbocycles. The number of H-pyrrole nitrogens is 1. The molecule has 2 atom stereocenters. The minimum atomic E-state index is -4.30. The van der Waals surface area contributed by atoms with Gasteiger partial charge in [-0.05, 0) is 97.6 Å². The maximum Gasteiger partial charge on any atom is 0.416 e. The lowest BCUT2D eigenvalue weighted by Crippen LogP contribution is -2.24. The Labute approximate surface area is 294 Å². The number of aliphatic imine (C=N–C) groups is 1. The van der Waals surface area contributed by atoms with Gasteiger partial charge in [0.25, 0.3) is 0 Å². The van der Waals surface area contributed by atoms with E-state index in [-0.39, 0.29) is 28.5 Å². The fourth-order valence-electron chi connectivity index (χ4n) is 5.19. The van der Waals surface area contributed by atoms with Crippen LogP contribution in [0.25, 0.3) is 16.7 Å². The summed E-state index contributed by atoms with van der Waals surface area (Å²) in [5.41, 5.74) is 20.1. The third-order valence-electron chi connectivity index (χ3n) is 8.58. The van der Waals surface area contributed by atoms with Crippen LogP contribution in [0.2, 0.25) is 0 Å². The molecule has 274 valence electrons. The number of nitrogens with one attached hydrogen (secondary N) is 2. The molecule has 0 spiro atoms. The molecule has 0 amide bonds. The first kappa shape index (κ1) is 40.3. The maximum absolute atomic E-state index is 13.0. The first-order chi connectivity index (χ1) is 23.2. The van der Waals surface area contributed by atoms with Crippen LogP contribution >= 0.6 is 0 Å². The molecule has 4 aromatic rings. The molecule has 0 aliphatic rings. The van der Waals surface area contributed by atoms with Crippen molar-refractivity contribution in [1.82, 2.24) is 19.9 Å². The van der Waals surface area contributed by atoms with Crippen molar-refractivity contribution in [2.75, 3.05) is 19.6 Å². The van der Waals surface area contributed by atoms with E-state index in [1.807, 2.05) is 64.2 Å². The largest absolute Gasteiger partial charge is 0.416 e. The number of benzene rings is 2. The van der Waals surface area contributed by atoms with Crippen molar-refractivity contribution >= 4 is 17.0 Å². The van der Waals surface area contributed by atoms with Gasteiger partial charge in [0.15, 0.2) is 5.96 Å². The normalized spacial score (nSPS) is 13.4. The second kappa shape index (κ2) is 16.7. The number of rotatable bonds is 11. The Morgan fingerprint density at radius 1 is 0.960 bits per heavy atom.